The molecule has 0 aliphatic carbocycles. The third-order valence-corrected chi connectivity index (χ3v) is 5.96. The Morgan fingerprint density at radius 1 is 1.15 bits per heavy atom. The Kier molecular flexibility index (Phi) is 4.77. The van der Waals surface area contributed by atoms with E-state index in [1.807, 2.05) is 12.1 Å². The number of phenols is 1. The second kappa shape index (κ2) is 7.22. The third-order valence-electron chi connectivity index (χ3n) is 5.96. The first-order valence-electron chi connectivity index (χ1n) is 9.47. The van der Waals surface area contributed by atoms with Gasteiger partial charge in [-0.05, 0) is 67.0 Å². The molecule has 2 bridgehead atoms. The van der Waals surface area contributed by atoms with Gasteiger partial charge in [0.05, 0.1) is 13.5 Å². The number of rotatable bonds is 4. The molecule has 2 saturated heterocycles. The molecule has 142 valence electrons. The van der Waals surface area contributed by atoms with E-state index in [0.29, 0.717) is 18.1 Å². The number of hydrogen-bond acceptors (Lipinski definition) is 3. The van der Waals surface area contributed by atoms with Gasteiger partial charge in [0.2, 0.25) is 5.91 Å². The zero-order valence-corrected chi connectivity index (χ0v) is 15.4. The van der Waals surface area contributed by atoms with Gasteiger partial charge in [-0.25, -0.2) is 4.39 Å². The van der Waals surface area contributed by atoms with E-state index in [4.69, 9.17) is 4.74 Å². The zero-order chi connectivity index (χ0) is 19.0. The molecule has 0 aromatic heterocycles. The molecule has 0 spiro atoms. The van der Waals surface area contributed by atoms with Gasteiger partial charge in [0.1, 0.15) is 5.82 Å². The van der Waals surface area contributed by atoms with E-state index < -0.39 is 0 Å². The van der Waals surface area contributed by atoms with Crippen molar-refractivity contribution in [3.63, 3.8) is 0 Å². The largest absolute Gasteiger partial charge is 0.504 e. The molecule has 0 radical (unpaired) electrons. The van der Waals surface area contributed by atoms with Gasteiger partial charge in [-0.1, -0.05) is 18.2 Å². The summed E-state index contributed by atoms with van der Waals surface area (Å²) in [5, 5.41) is 9.72. The number of phenolic OH excluding ortho intramolecular Hbond substituents is 1. The minimum Gasteiger partial charge on any atom is -0.504 e. The lowest BCUT2D eigenvalue weighted by Gasteiger charge is -2.39. The predicted molar refractivity (Wildman–Crippen MR) is 100 cm³/mol. The van der Waals surface area contributed by atoms with Gasteiger partial charge in [0.25, 0.3) is 0 Å². The number of nitrogens with zero attached hydrogens (tertiary/aromatic N) is 1. The van der Waals surface area contributed by atoms with Crippen LogP contribution < -0.4 is 4.74 Å². The van der Waals surface area contributed by atoms with Crippen molar-refractivity contribution in [2.24, 2.45) is 0 Å². The Labute approximate surface area is 158 Å². The Morgan fingerprint density at radius 3 is 2.44 bits per heavy atom. The smallest absolute Gasteiger partial charge is 0.227 e. The highest BCUT2D eigenvalue weighted by atomic mass is 19.1. The van der Waals surface area contributed by atoms with E-state index in [1.165, 1.54) is 24.8 Å². The first-order valence-corrected chi connectivity index (χ1v) is 9.47. The lowest BCUT2D eigenvalue weighted by atomic mass is 9.85. The third kappa shape index (κ3) is 3.51. The number of piperidine rings is 1. The second-order valence-electron chi connectivity index (χ2n) is 7.59. The number of amides is 1. The quantitative estimate of drug-likeness (QED) is 0.886. The lowest BCUT2D eigenvalue weighted by Crippen LogP contribution is -2.46. The fourth-order valence-electron chi connectivity index (χ4n) is 4.69. The summed E-state index contributed by atoms with van der Waals surface area (Å²) in [6, 6.07) is 12.4. The maximum absolute atomic E-state index is 13.2. The van der Waals surface area contributed by atoms with Crippen LogP contribution in [0, 0.1) is 5.82 Å². The molecule has 2 aromatic rings. The molecule has 0 unspecified atom stereocenters. The predicted octanol–water partition coefficient (Wildman–Crippen LogP) is 4.02. The summed E-state index contributed by atoms with van der Waals surface area (Å²) >= 11 is 0. The van der Waals surface area contributed by atoms with Crippen molar-refractivity contribution in [1.29, 1.82) is 0 Å². The van der Waals surface area contributed by atoms with Crippen molar-refractivity contribution in [1.82, 2.24) is 4.90 Å². The van der Waals surface area contributed by atoms with E-state index in [2.05, 4.69) is 4.90 Å². The summed E-state index contributed by atoms with van der Waals surface area (Å²) in [7, 11) is 1.50. The summed E-state index contributed by atoms with van der Waals surface area (Å²) in [5.41, 5.74) is 2.01. The molecular formula is C22H24FNO3. The average molecular weight is 369 g/mol. The van der Waals surface area contributed by atoms with Crippen molar-refractivity contribution in [2.75, 3.05) is 7.11 Å². The minimum absolute atomic E-state index is 0.0777. The van der Waals surface area contributed by atoms with Crippen molar-refractivity contribution in [3.8, 4) is 11.5 Å². The van der Waals surface area contributed by atoms with Crippen molar-refractivity contribution >= 4 is 5.91 Å². The highest BCUT2D eigenvalue weighted by Crippen LogP contribution is 2.43. The SMILES string of the molecule is COc1cc(CC(=O)N2[C@H]3CC[C@H]2CC(c2ccc(F)cc2)C3)ccc1O. The van der Waals surface area contributed by atoms with Gasteiger partial charge in [0.15, 0.2) is 11.5 Å². The molecule has 4 rings (SSSR count). The molecule has 2 aliphatic rings. The van der Waals surface area contributed by atoms with Gasteiger partial charge in [-0.15, -0.1) is 0 Å². The van der Waals surface area contributed by atoms with Crippen LogP contribution >= 0.6 is 0 Å². The molecule has 4 nitrogen and oxygen atoms in total. The molecule has 2 aliphatic heterocycles. The molecule has 1 N–H and O–H groups in total. The van der Waals surface area contributed by atoms with Crippen LogP contribution in [0.5, 0.6) is 11.5 Å². The normalized spacial score (nSPS) is 24.1. The molecule has 0 saturated carbocycles. The highest BCUT2D eigenvalue weighted by molar-refractivity contribution is 5.80. The molecule has 27 heavy (non-hydrogen) atoms. The summed E-state index contributed by atoms with van der Waals surface area (Å²) in [6.07, 6.45) is 4.25. The van der Waals surface area contributed by atoms with Crippen LogP contribution in [0.2, 0.25) is 0 Å². The zero-order valence-electron chi connectivity index (χ0n) is 15.4. The van der Waals surface area contributed by atoms with Crippen molar-refractivity contribution < 1.29 is 19.0 Å². The van der Waals surface area contributed by atoms with Crippen LogP contribution in [0.15, 0.2) is 42.5 Å². The van der Waals surface area contributed by atoms with Crippen molar-refractivity contribution in [3.05, 3.63) is 59.4 Å². The standard InChI is InChI=1S/C22H24FNO3/c1-27-21-10-14(2-9-20(21)25)11-22(26)24-18-7-8-19(24)13-16(12-18)15-3-5-17(23)6-4-15/h2-6,9-10,16,18-19,25H,7-8,11-13H2,1H3/t18-,19-/m0/s1. The molecule has 5 heteroatoms. The first kappa shape index (κ1) is 17.8. The fraction of sp³-hybridized carbons (Fsp3) is 0.409. The van der Waals surface area contributed by atoms with E-state index >= 15 is 0 Å². The summed E-state index contributed by atoms with van der Waals surface area (Å²) in [4.78, 5) is 15.0. The van der Waals surface area contributed by atoms with Crippen LogP contribution in [-0.4, -0.2) is 35.1 Å². The van der Waals surface area contributed by atoms with Crippen LogP contribution in [0.3, 0.4) is 0 Å². The first-order chi connectivity index (χ1) is 13.0. The number of hydrogen-bond donors (Lipinski definition) is 1. The number of carbonyl (C=O) groups is 1. The minimum atomic E-state index is -0.210. The number of methoxy groups -OCH3 is 1. The van der Waals surface area contributed by atoms with Gasteiger partial charge >= 0.3 is 0 Å². The van der Waals surface area contributed by atoms with Crippen LogP contribution in [0.1, 0.15) is 42.7 Å². The molecule has 2 atom stereocenters. The Morgan fingerprint density at radius 2 is 1.81 bits per heavy atom. The monoisotopic (exact) mass is 369 g/mol. The average Bonchev–Trinajstić information content (AvgIpc) is 2.94. The van der Waals surface area contributed by atoms with E-state index in [1.54, 1.807) is 18.2 Å². The van der Waals surface area contributed by atoms with Gasteiger partial charge in [0, 0.05) is 12.1 Å². The summed E-state index contributed by atoms with van der Waals surface area (Å²) in [6.45, 7) is 0. The Hall–Kier alpha value is -2.56. The number of halogens is 1. The summed E-state index contributed by atoms with van der Waals surface area (Å²) in [5.74, 6) is 0.777. The van der Waals surface area contributed by atoms with Gasteiger partial charge < -0.3 is 14.7 Å². The van der Waals surface area contributed by atoms with E-state index in [0.717, 1.165) is 31.2 Å². The maximum atomic E-state index is 13.2. The fourth-order valence-corrected chi connectivity index (χ4v) is 4.69. The lowest BCUT2D eigenvalue weighted by molar-refractivity contribution is -0.135. The number of aromatic hydroxyl groups is 1. The van der Waals surface area contributed by atoms with E-state index in [-0.39, 0.29) is 29.6 Å². The number of fused-ring (bicyclic) bond motifs is 2. The molecule has 2 aromatic carbocycles. The number of ether oxygens (including phenoxy) is 1. The topological polar surface area (TPSA) is 49.8 Å². The molecule has 1 amide bonds. The van der Waals surface area contributed by atoms with E-state index in [9.17, 15) is 14.3 Å². The summed E-state index contributed by atoms with van der Waals surface area (Å²) < 4.78 is 18.3. The maximum Gasteiger partial charge on any atom is 0.227 e. The highest BCUT2D eigenvalue weighted by Gasteiger charge is 2.43. The van der Waals surface area contributed by atoms with Crippen LogP contribution in [0.25, 0.3) is 0 Å². The van der Waals surface area contributed by atoms with Crippen molar-refractivity contribution in [2.45, 2.75) is 50.1 Å². The van der Waals surface area contributed by atoms with Crippen LogP contribution in [-0.2, 0) is 11.2 Å². The van der Waals surface area contributed by atoms with Crippen LogP contribution in [0.4, 0.5) is 4.39 Å². The number of benzene rings is 2. The number of carbonyl (C=O) groups excluding carboxylic acids is 1. The van der Waals surface area contributed by atoms with Gasteiger partial charge in [-0.2, -0.15) is 0 Å². The second-order valence-corrected chi connectivity index (χ2v) is 7.59. The Balaban J connectivity index is 1.46. The van der Waals surface area contributed by atoms with Gasteiger partial charge in [-0.3, -0.25) is 4.79 Å². The molecule has 2 fully saturated rings. The molecule has 2 heterocycles. The molecular weight excluding hydrogens is 345 g/mol. The Bertz CT molecular complexity index is 822.